The highest BCUT2D eigenvalue weighted by Crippen LogP contribution is 2.19. The van der Waals surface area contributed by atoms with Crippen molar-refractivity contribution in [3.8, 4) is 0 Å². The summed E-state index contributed by atoms with van der Waals surface area (Å²) in [7, 11) is 0. The van der Waals surface area contributed by atoms with Gasteiger partial charge in [0, 0.05) is 17.7 Å². The Morgan fingerprint density at radius 2 is 2.12 bits per heavy atom. The van der Waals surface area contributed by atoms with E-state index in [1.807, 2.05) is 0 Å². The second-order valence-corrected chi connectivity index (χ2v) is 4.19. The largest absolute Gasteiger partial charge is 0.393 e. The summed E-state index contributed by atoms with van der Waals surface area (Å²) >= 11 is 0. The van der Waals surface area contributed by atoms with Crippen molar-refractivity contribution < 1.29 is 14.3 Å². The highest BCUT2D eigenvalue weighted by molar-refractivity contribution is 5.92. The minimum absolute atomic E-state index is 0.0442. The van der Waals surface area contributed by atoms with E-state index in [0.717, 1.165) is 0 Å². The molecular weight excluding hydrogens is 221 g/mol. The first kappa shape index (κ1) is 11.8. The maximum Gasteiger partial charge on any atom is 0.244 e. The average molecular weight is 235 g/mol. The van der Waals surface area contributed by atoms with Gasteiger partial charge in [0.1, 0.15) is 5.82 Å². The lowest BCUT2D eigenvalue weighted by molar-refractivity contribution is -0.118. The predicted octanol–water partition coefficient (Wildman–Crippen LogP) is 1.48. The van der Waals surface area contributed by atoms with E-state index in [0.29, 0.717) is 18.4 Å². The summed E-state index contributed by atoms with van der Waals surface area (Å²) in [5.41, 5.74) is 0.385. The Hall–Kier alpha value is -1.68. The number of aliphatic hydroxyl groups is 1. The molecule has 0 atom stereocenters. The molecule has 0 bridgehead atoms. The summed E-state index contributed by atoms with van der Waals surface area (Å²) in [6.07, 6.45) is 3.65. The van der Waals surface area contributed by atoms with Crippen LogP contribution in [0.4, 0.5) is 4.39 Å². The first-order valence-corrected chi connectivity index (χ1v) is 5.56. The number of carbonyl (C=O) groups excluding carboxylic acids is 1. The Labute approximate surface area is 99.0 Å². The van der Waals surface area contributed by atoms with Crippen LogP contribution < -0.4 is 5.32 Å². The van der Waals surface area contributed by atoms with Crippen LogP contribution in [-0.4, -0.2) is 23.2 Å². The van der Waals surface area contributed by atoms with Crippen LogP contribution in [0.25, 0.3) is 6.08 Å². The van der Waals surface area contributed by atoms with E-state index in [2.05, 4.69) is 5.32 Å². The summed E-state index contributed by atoms with van der Waals surface area (Å²) in [5, 5.41) is 11.8. The average Bonchev–Trinajstić information content (AvgIpc) is 2.26. The van der Waals surface area contributed by atoms with E-state index in [-0.39, 0.29) is 23.9 Å². The number of carbonyl (C=O) groups is 1. The van der Waals surface area contributed by atoms with Crippen LogP contribution in [0.5, 0.6) is 0 Å². The number of aliphatic hydroxyl groups excluding tert-OH is 1. The normalized spacial score (nSPS) is 23.4. The van der Waals surface area contributed by atoms with Gasteiger partial charge in [-0.1, -0.05) is 18.2 Å². The zero-order valence-electron chi connectivity index (χ0n) is 9.27. The molecular formula is C13H14FNO2. The Morgan fingerprint density at radius 3 is 2.76 bits per heavy atom. The Kier molecular flexibility index (Phi) is 3.54. The maximum atomic E-state index is 13.2. The fraction of sp³-hybridized carbons (Fsp3) is 0.308. The SMILES string of the molecule is O=C(C=Cc1ccccc1F)NC1CC(O)C1. The van der Waals surface area contributed by atoms with Crippen molar-refractivity contribution in [3.63, 3.8) is 0 Å². The Morgan fingerprint density at radius 1 is 1.41 bits per heavy atom. The minimum Gasteiger partial charge on any atom is -0.393 e. The number of nitrogens with one attached hydrogen (secondary N) is 1. The van der Waals surface area contributed by atoms with Gasteiger partial charge in [-0.05, 0) is 25.0 Å². The third-order valence-corrected chi connectivity index (χ3v) is 2.78. The molecule has 2 rings (SSSR count). The van der Waals surface area contributed by atoms with Gasteiger partial charge in [0.25, 0.3) is 0 Å². The van der Waals surface area contributed by atoms with E-state index in [1.165, 1.54) is 18.2 Å². The van der Waals surface area contributed by atoms with Crippen LogP contribution in [0.15, 0.2) is 30.3 Å². The molecule has 1 aliphatic rings. The lowest BCUT2D eigenvalue weighted by atomic mass is 9.89. The topological polar surface area (TPSA) is 49.3 Å². The maximum absolute atomic E-state index is 13.2. The van der Waals surface area contributed by atoms with Gasteiger partial charge in [-0.3, -0.25) is 4.79 Å². The van der Waals surface area contributed by atoms with Crippen molar-refractivity contribution in [2.75, 3.05) is 0 Å². The van der Waals surface area contributed by atoms with E-state index in [1.54, 1.807) is 18.2 Å². The van der Waals surface area contributed by atoms with Gasteiger partial charge >= 0.3 is 0 Å². The lowest BCUT2D eigenvalue weighted by Crippen LogP contribution is -2.46. The second-order valence-electron chi connectivity index (χ2n) is 4.19. The van der Waals surface area contributed by atoms with Crippen LogP contribution in [0.2, 0.25) is 0 Å². The van der Waals surface area contributed by atoms with Crippen molar-refractivity contribution >= 4 is 12.0 Å². The quantitative estimate of drug-likeness (QED) is 0.780. The molecule has 17 heavy (non-hydrogen) atoms. The molecule has 1 amide bonds. The summed E-state index contributed by atoms with van der Waals surface area (Å²) < 4.78 is 13.2. The molecule has 1 aromatic carbocycles. The van der Waals surface area contributed by atoms with Crippen LogP contribution in [0.3, 0.4) is 0 Å². The molecule has 0 heterocycles. The first-order chi connectivity index (χ1) is 8.15. The van der Waals surface area contributed by atoms with Gasteiger partial charge in [0.15, 0.2) is 0 Å². The number of rotatable bonds is 3. The number of hydrogen-bond donors (Lipinski definition) is 2. The predicted molar refractivity (Wildman–Crippen MR) is 62.6 cm³/mol. The van der Waals surface area contributed by atoms with Gasteiger partial charge in [0.2, 0.25) is 5.91 Å². The van der Waals surface area contributed by atoms with Crippen molar-refractivity contribution in [2.45, 2.75) is 25.0 Å². The third-order valence-electron chi connectivity index (χ3n) is 2.78. The second kappa shape index (κ2) is 5.10. The van der Waals surface area contributed by atoms with Gasteiger partial charge in [-0.2, -0.15) is 0 Å². The molecule has 1 fully saturated rings. The van der Waals surface area contributed by atoms with E-state index in [9.17, 15) is 9.18 Å². The summed E-state index contributed by atoms with van der Waals surface area (Å²) in [5.74, 6) is -0.610. The van der Waals surface area contributed by atoms with Gasteiger partial charge in [-0.15, -0.1) is 0 Å². The molecule has 3 nitrogen and oxygen atoms in total. The molecule has 4 heteroatoms. The summed E-state index contributed by atoms with van der Waals surface area (Å²) in [4.78, 5) is 11.4. The number of benzene rings is 1. The number of amides is 1. The summed E-state index contributed by atoms with van der Waals surface area (Å²) in [6.45, 7) is 0. The molecule has 0 radical (unpaired) electrons. The summed E-state index contributed by atoms with van der Waals surface area (Å²) in [6, 6.07) is 6.31. The van der Waals surface area contributed by atoms with E-state index < -0.39 is 0 Å². The molecule has 0 saturated heterocycles. The zero-order chi connectivity index (χ0) is 12.3. The lowest BCUT2D eigenvalue weighted by Gasteiger charge is -2.31. The van der Waals surface area contributed by atoms with Gasteiger partial charge < -0.3 is 10.4 Å². The van der Waals surface area contributed by atoms with Crippen LogP contribution >= 0.6 is 0 Å². The number of halogens is 1. The highest BCUT2D eigenvalue weighted by Gasteiger charge is 2.27. The molecule has 2 N–H and O–H groups in total. The fourth-order valence-corrected chi connectivity index (χ4v) is 1.73. The smallest absolute Gasteiger partial charge is 0.244 e. The van der Waals surface area contributed by atoms with Crippen LogP contribution in [-0.2, 0) is 4.79 Å². The van der Waals surface area contributed by atoms with Crippen molar-refractivity contribution in [1.29, 1.82) is 0 Å². The van der Waals surface area contributed by atoms with Gasteiger partial charge in [-0.25, -0.2) is 4.39 Å². The van der Waals surface area contributed by atoms with E-state index in [4.69, 9.17) is 5.11 Å². The highest BCUT2D eigenvalue weighted by atomic mass is 19.1. The molecule has 1 saturated carbocycles. The Bertz CT molecular complexity index is 439. The van der Waals surface area contributed by atoms with Crippen LogP contribution in [0, 0.1) is 5.82 Å². The minimum atomic E-state index is -0.351. The third kappa shape index (κ3) is 3.14. The zero-order valence-corrected chi connectivity index (χ0v) is 9.27. The van der Waals surface area contributed by atoms with Crippen LogP contribution in [0.1, 0.15) is 18.4 Å². The number of hydrogen-bond acceptors (Lipinski definition) is 2. The molecule has 1 aromatic rings. The molecule has 0 aromatic heterocycles. The standard InChI is InChI=1S/C13H14FNO2/c14-12-4-2-1-3-9(12)5-6-13(17)15-10-7-11(16)8-10/h1-6,10-11,16H,7-8H2,(H,15,17). The molecule has 0 spiro atoms. The Balaban J connectivity index is 1.88. The van der Waals surface area contributed by atoms with Gasteiger partial charge in [0.05, 0.1) is 6.10 Å². The molecule has 0 unspecified atom stereocenters. The van der Waals surface area contributed by atoms with Crippen molar-refractivity contribution in [2.24, 2.45) is 0 Å². The monoisotopic (exact) mass is 235 g/mol. The van der Waals surface area contributed by atoms with Crippen molar-refractivity contribution in [1.82, 2.24) is 5.32 Å². The fourth-order valence-electron chi connectivity index (χ4n) is 1.73. The van der Waals surface area contributed by atoms with Crippen molar-refractivity contribution in [3.05, 3.63) is 41.7 Å². The first-order valence-electron chi connectivity index (χ1n) is 5.56. The molecule has 0 aliphatic heterocycles. The van der Waals surface area contributed by atoms with E-state index >= 15 is 0 Å². The molecule has 90 valence electrons. The molecule has 1 aliphatic carbocycles.